The van der Waals surface area contributed by atoms with Crippen molar-refractivity contribution in [2.24, 2.45) is 0 Å². The second-order valence-corrected chi connectivity index (χ2v) is 6.18. The number of ether oxygens (including phenoxy) is 1. The van der Waals surface area contributed by atoms with Gasteiger partial charge in [0.25, 0.3) is 0 Å². The second kappa shape index (κ2) is 6.29. The van der Waals surface area contributed by atoms with Crippen molar-refractivity contribution in [2.45, 2.75) is 57.8 Å². The first kappa shape index (κ1) is 14.1. The SMILES string of the molecule is COC1CCCN(Cc2cc(CNC3CC3)oc2C)C1. The minimum absolute atomic E-state index is 0.395. The predicted molar refractivity (Wildman–Crippen MR) is 78.6 cm³/mol. The molecule has 1 unspecified atom stereocenters. The van der Waals surface area contributed by atoms with E-state index in [0.717, 1.165) is 37.2 Å². The Balaban J connectivity index is 1.55. The lowest BCUT2D eigenvalue weighted by Gasteiger charge is -2.31. The van der Waals surface area contributed by atoms with Crippen LogP contribution in [0.3, 0.4) is 0 Å². The Bertz CT molecular complexity index is 440. The van der Waals surface area contributed by atoms with Gasteiger partial charge in [0.2, 0.25) is 0 Å². The van der Waals surface area contributed by atoms with Crippen molar-refractivity contribution in [1.29, 1.82) is 0 Å². The lowest BCUT2D eigenvalue weighted by molar-refractivity contribution is 0.0284. The molecule has 112 valence electrons. The van der Waals surface area contributed by atoms with E-state index in [2.05, 4.69) is 23.2 Å². The van der Waals surface area contributed by atoms with E-state index in [1.165, 1.54) is 37.8 Å². The summed E-state index contributed by atoms with van der Waals surface area (Å²) >= 11 is 0. The molecule has 1 saturated heterocycles. The quantitative estimate of drug-likeness (QED) is 0.867. The molecule has 2 fully saturated rings. The molecule has 2 aliphatic rings. The van der Waals surface area contributed by atoms with E-state index in [9.17, 15) is 0 Å². The molecule has 20 heavy (non-hydrogen) atoms. The summed E-state index contributed by atoms with van der Waals surface area (Å²) < 4.78 is 11.4. The lowest BCUT2D eigenvalue weighted by atomic mass is 10.1. The number of rotatable bonds is 6. The molecule has 4 nitrogen and oxygen atoms in total. The molecule has 3 rings (SSSR count). The van der Waals surface area contributed by atoms with Gasteiger partial charge in [-0.05, 0) is 45.2 Å². The Hall–Kier alpha value is -0.840. The Labute approximate surface area is 121 Å². The number of nitrogens with one attached hydrogen (secondary N) is 1. The highest BCUT2D eigenvalue weighted by atomic mass is 16.5. The van der Waals surface area contributed by atoms with Gasteiger partial charge in [-0.25, -0.2) is 0 Å². The van der Waals surface area contributed by atoms with Gasteiger partial charge in [-0.2, -0.15) is 0 Å². The van der Waals surface area contributed by atoms with Crippen molar-refractivity contribution < 1.29 is 9.15 Å². The molecule has 2 heterocycles. The molecule has 0 radical (unpaired) electrons. The maximum Gasteiger partial charge on any atom is 0.118 e. The molecule has 0 spiro atoms. The van der Waals surface area contributed by atoms with Gasteiger partial charge >= 0.3 is 0 Å². The van der Waals surface area contributed by atoms with Crippen LogP contribution in [0, 0.1) is 6.92 Å². The van der Waals surface area contributed by atoms with Gasteiger partial charge in [0, 0.05) is 31.8 Å². The summed E-state index contributed by atoms with van der Waals surface area (Å²) in [4.78, 5) is 2.48. The fourth-order valence-corrected chi connectivity index (χ4v) is 2.95. The molecule has 0 aromatic carbocycles. The topological polar surface area (TPSA) is 37.6 Å². The van der Waals surface area contributed by atoms with Crippen molar-refractivity contribution in [2.75, 3.05) is 20.2 Å². The number of likely N-dealkylation sites (tertiary alicyclic amines) is 1. The Kier molecular flexibility index (Phi) is 4.44. The smallest absolute Gasteiger partial charge is 0.118 e. The minimum atomic E-state index is 0.395. The van der Waals surface area contributed by atoms with E-state index in [1.807, 2.05) is 7.11 Å². The van der Waals surface area contributed by atoms with E-state index in [1.54, 1.807) is 0 Å². The number of hydrogen-bond donors (Lipinski definition) is 1. The number of nitrogens with zero attached hydrogens (tertiary/aromatic N) is 1. The van der Waals surface area contributed by atoms with Crippen LogP contribution in [-0.2, 0) is 17.8 Å². The summed E-state index contributed by atoms with van der Waals surface area (Å²) in [6.45, 7) is 6.13. The van der Waals surface area contributed by atoms with E-state index in [0.29, 0.717) is 6.10 Å². The maximum atomic E-state index is 5.87. The first-order valence-electron chi connectivity index (χ1n) is 7.81. The normalized spacial score (nSPS) is 24.2. The summed E-state index contributed by atoms with van der Waals surface area (Å²) in [7, 11) is 1.82. The van der Waals surface area contributed by atoms with Gasteiger partial charge in [0.05, 0.1) is 12.6 Å². The standard InChI is InChI=1S/C16H26N2O2/c1-12-13(8-16(20-12)9-17-14-5-6-14)10-18-7-3-4-15(11-18)19-2/h8,14-15,17H,3-7,9-11H2,1-2H3. The van der Waals surface area contributed by atoms with Gasteiger partial charge < -0.3 is 14.5 Å². The summed E-state index contributed by atoms with van der Waals surface area (Å²) in [6.07, 6.45) is 5.45. The predicted octanol–water partition coefficient (Wildman–Crippen LogP) is 2.45. The number of piperidine rings is 1. The van der Waals surface area contributed by atoms with Crippen LogP contribution in [0.1, 0.15) is 42.8 Å². The third-order valence-corrected chi connectivity index (χ3v) is 4.40. The monoisotopic (exact) mass is 278 g/mol. The molecule has 1 aliphatic heterocycles. The van der Waals surface area contributed by atoms with Crippen LogP contribution in [0.15, 0.2) is 10.5 Å². The molecular formula is C16H26N2O2. The number of methoxy groups -OCH3 is 1. The fourth-order valence-electron chi connectivity index (χ4n) is 2.95. The molecule has 1 N–H and O–H groups in total. The van der Waals surface area contributed by atoms with Crippen LogP contribution in [0.2, 0.25) is 0 Å². The molecular weight excluding hydrogens is 252 g/mol. The van der Waals surface area contributed by atoms with Gasteiger partial charge in [0.1, 0.15) is 11.5 Å². The third-order valence-electron chi connectivity index (χ3n) is 4.40. The zero-order chi connectivity index (χ0) is 13.9. The number of hydrogen-bond acceptors (Lipinski definition) is 4. The summed E-state index contributed by atoms with van der Waals surface area (Å²) in [5.74, 6) is 2.14. The van der Waals surface area contributed by atoms with Crippen molar-refractivity contribution in [3.05, 3.63) is 23.2 Å². The number of furan rings is 1. The van der Waals surface area contributed by atoms with Crippen LogP contribution in [-0.4, -0.2) is 37.2 Å². The molecule has 1 aromatic heterocycles. The summed E-state index contributed by atoms with van der Waals surface area (Å²) in [6, 6.07) is 2.95. The Morgan fingerprint density at radius 2 is 2.25 bits per heavy atom. The molecule has 1 aliphatic carbocycles. The van der Waals surface area contributed by atoms with Gasteiger partial charge in [-0.1, -0.05) is 0 Å². The molecule has 0 amide bonds. The largest absolute Gasteiger partial charge is 0.465 e. The van der Waals surface area contributed by atoms with Crippen LogP contribution in [0.25, 0.3) is 0 Å². The van der Waals surface area contributed by atoms with Crippen LogP contribution >= 0.6 is 0 Å². The van der Waals surface area contributed by atoms with Gasteiger partial charge in [0.15, 0.2) is 0 Å². The van der Waals surface area contributed by atoms with Gasteiger partial charge in [-0.15, -0.1) is 0 Å². The van der Waals surface area contributed by atoms with Crippen LogP contribution in [0.4, 0.5) is 0 Å². The first-order chi connectivity index (χ1) is 9.74. The minimum Gasteiger partial charge on any atom is -0.465 e. The van der Waals surface area contributed by atoms with E-state index >= 15 is 0 Å². The zero-order valence-corrected chi connectivity index (χ0v) is 12.7. The highest BCUT2D eigenvalue weighted by Gasteiger charge is 2.22. The van der Waals surface area contributed by atoms with Crippen molar-refractivity contribution in [3.63, 3.8) is 0 Å². The number of aryl methyl sites for hydroxylation is 1. The fraction of sp³-hybridized carbons (Fsp3) is 0.750. The molecule has 1 aromatic rings. The average molecular weight is 278 g/mol. The van der Waals surface area contributed by atoms with Crippen molar-refractivity contribution in [1.82, 2.24) is 10.2 Å². The Morgan fingerprint density at radius 1 is 1.40 bits per heavy atom. The van der Waals surface area contributed by atoms with Crippen LogP contribution in [0.5, 0.6) is 0 Å². The molecule has 1 saturated carbocycles. The van der Waals surface area contributed by atoms with Gasteiger partial charge in [-0.3, -0.25) is 4.90 Å². The van der Waals surface area contributed by atoms with E-state index in [4.69, 9.17) is 9.15 Å². The summed E-state index contributed by atoms with van der Waals surface area (Å²) in [5, 5.41) is 3.51. The van der Waals surface area contributed by atoms with Crippen molar-refractivity contribution >= 4 is 0 Å². The lowest BCUT2D eigenvalue weighted by Crippen LogP contribution is -2.38. The average Bonchev–Trinajstić information content (AvgIpc) is 3.22. The Morgan fingerprint density at radius 3 is 3.00 bits per heavy atom. The molecule has 0 bridgehead atoms. The maximum absolute atomic E-state index is 5.87. The highest BCUT2D eigenvalue weighted by molar-refractivity contribution is 5.21. The molecule has 1 atom stereocenters. The van der Waals surface area contributed by atoms with Crippen LogP contribution < -0.4 is 5.32 Å². The first-order valence-corrected chi connectivity index (χ1v) is 7.81. The second-order valence-electron chi connectivity index (χ2n) is 6.18. The summed E-state index contributed by atoms with van der Waals surface area (Å²) in [5.41, 5.74) is 1.33. The zero-order valence-electron chi connectivity index (χ0n) is 12.7. The molecule has 4 heteroatoms. The van der Waals surface area contributed by atoms with Crippen molar-refractivity contribution in [3.8, 4) is 0 Å². The highest BCUT2D eigenvalue weighted by Crippen LogP contribution is 2.22. The van der Waals surface area contributed by atoms with E-state index in [-0.39, 0.29) is 0 Å². The van der Waals surface area contributed by atoms with E-state index < -0.39 is 0 Å². The third kappa shape index (κ3) is 3.62.